The number of hydrogen-bond donors (Lipinski definition) is 1. The summed E-state index contributed by atoms with van der Waals surface area (Å²) in [6, 6.07) is 24.9. The average molecular weight is 361 g/mol. The molecule has 0 unspecified atom stereocenters. The highest BCUT2D eigenvalue weighted by molar-refractivity contribution is 5.78. The van der Waals surface area contributed by atoms with Crippen molar-refractivity contribution in [3.63, 3.8) is 0 Å². The molecule has 1 amide bonds. The van der Waals surface area contributed by atoms with E-state index < -0.39 is 0 Å². The van der Waals surface area contributed by atoms with Crippen molar-refractivity contribution in [1.82, 2.24) is 5.32 Å². The summed E-state index contributed by atoms with van der Waals surface area (Å²) in [7, 11) is 1.61. The molecule has 0 aromatic heterocycles. The Morgan fingerprint density at radius 3 is 2.19 bits per heavy atom. The molecule has 0 spiro atoms. The number of benzene rings is 3. The van der Waals surface area contributed by atoms with Crippen LogP contribution in [0.25, 0.3) is 0 Å². The Kier molecular flexibility index (Phi) is 6.10. The molecule has 0 aliphatic rings. The van der Waals surface area contributed by atoms with Gasteiger partial charge < -0.3 is 14.8 Å². The molecule has 27 heavy (non-hydrogen) atoms. The molecule has 4 heteroatoms. The number of carbonyl (C=O) groups is 1. The largest absolute Gasteiger partial charge is 0.497 e. The van der Waals surface area contributed by atoms with Crippen molar-refractivity contribution in [2.45, 2.75) is 13.0 Å². The Bertz CT molecular complexity index is 876. The molecular weight excluding hydrogens is 338 g/mol. The van der Waals surface area contributed by atoms with Crippen molar-refractivity contribution in [3.05, 3.63) is 95.6 Å². The Morgan fingerprint density at radius 2 is 1.52 bits per heavy atom. The molecule has 0 fully saturated rings. The van der Waals surface area contributed by atoms with Crippen LogP contribution in [0.3, 0.4) is 0 Å². The molecule has 3 aromatic carbocycles. The van der Waals surface area contributed by atoms with Crippen LogP contribution in [-0.4, -0.2) is 19.6 Å². The lowest BCUT2D eigenvalue weighted by Crippen LogP contribution is -2.33. The number of nitrogens with one attached hydrogen (secondary N) is 1. The predicted octanol–water partition coefficient (Wildman–Crippen LogP) is 4.29. The van der Waals surface area contributed by atoms with E-state index in [-0.39, 0.29) is 18.6 Å². The fraction of sp³-hybridized carbons (Fsp3) is 0.174. The second-order valence-electron chi connectivity index (χ2n) is 6.23. The highest BCUT2D eigenvalue weighted by Gasteiger charge is 2.18. The second kappa shape index (κ2) is 8.90. The third-order valence-corrected chi connectivity index (χ3v) is 4.37. The Hall–Kier alpha value is -3.27. The predicted molar refractivity (Wildman–Crippen MR) is 106 cm³/mol. The van der Waals surface area contributed by atoms with Crippen LogP contribution in [0.4, 0.5) is 0 Å². The number of methoxy groups -OCH3 is 1. The van der Waals surface area contributed by atoms with E-state index in [1.807, 2.05) is 61.5 Å². The van der Waals surface area contributed by atoms with Crippen molar-refractivity contribution >= 4 is 5.91 Å². The quantitative estimate of drug-likeness (QED) is 0.683. The molecule has 0 aliphatic carbocycles. The summed E-state index contributed by atoms with van der Waals surface area (Å²) in [4.78, 5) is 12.5. The number of aryl methyl sites for hydroxylation is 1. The van der Waals surface area contributed by atoms with Crippen LogP contribution in [0, 0.1) is 6.92 Å². The van der Waals surface area contributed by atoms with Gasteiger partial charge in [0.2, 0.25) is 0 Å². The normalized spacial score (nSPS) is 11.5. The van der Waals surface area contributed by atoms with Gasteiger partial charge in [-0.25, -0.2) is 0 Å². The Labute approximate surface area is 159 Å². The van der Waals surface area contributed by atoms with Crippen molar-refractivity contribution < 1.29 is 14.3 Å². The van der Waals surface area contributed by atoms with Gasteiger partial charge in [0, 0.05) is 0 Å². The van der Waals surface area contributed by atoms with Gasteiger partial charge in [-0.05, 0) is 47.9 Å². The molecule has 1 N–H and O–H groups in total. The van der Waals surface area contributed by atoms with Crippen molar-refractivity contribution in [3.8, 4) is 11.5 Å². The average Bonchev–Trinajstić information content (AvgIpc) is 2.72. The van der Waals surface area contributed by atoms with E-state index in [4.69, 9.17) is 9.47 Å². The lowest BCUT2D eigenvalue weighted by molar-refractivity contribution is -0.123. The third-order valence-electron chi connectivity index (χ3n) is 4.37. The first-order valence-corrected chi connectivity index (χ1v) is 8.84. The standard InChI is InChI=1S/C23H23NO3/c1-17-8-6-7-11-21(17)23(18-9-4-3-5-10-18)24-22(25)16-27-20-14-12-19(26-2)13-15-20/h3-15,23H,16H2,1-2H3,(H,24,25)/t23-/m1/s1. The molecular formula is C23H23NO3. The summed E-state index contributed by atoms with van der Waals surface area (Å²) in [5.74, 6) is 1.19. The number of ether oxygens (including phenoxy) is 2. The number of carbonyl (C=O) groups excluding carboxylic acids is 1. The summed E-state index contributed by atoms with van der Waals surface area (Å²) in [5.41, 5.74) is 3.23. The van der Waals surface area contributed by atoms with E-state index in [1.54, 1.807) is 31.4 Å². The Morgan fingerprint density at radius 1 is 0.889 bits per heavy atom. The van der Waals surface area contributed by atoms with Gasteiger partial charge in [0.15, 0.2) is 6.61 Å². The number of amides is 1. The molecule has 0 radical (unpaired) electrons. The summed E-state index contributed by atoms with van der Waals surface area (Å²) < 4.78 is 10.7. The van der Waals surface area contributed by atoms with Gasteiger partial charge in [0.25, 0.3) is 5.91 Å². The first-order chi connectivity index (χ1) is 13.2. The van der Waals surface area contributed by atoms with Crippen molar-refractivity contribution in [2.24, 2.45) is 0 Å². The minimum atomic E-state index is -0.223. The minimum Gasteiger partial charge on any atom is -0.497 e. The monoisotopic (exact) mass is 361 g/mol. The lowest BCUT2D eigenvalue weighted by atomic mass is 9.95. The van der Waals surface area contributed by atoms with Gasteiger partial charge in [-0.2, -0.15) is 0 Å². The van der Waals surface area contributed by atoms with Crippen LogP contribution in [-0.2, 0) is 4.79 Å². The van der Waals surface area contributed by atoms with E-state index in [2.05, 4.69) is 5.32 Å². The molecule has 0 saturated carbocycles. The van der Waals surface area contributed by atoms with E-state index in [0.29, 0.717) is 5.75 Å². The van der Waals surface area contributed by atoms with Gasteiger partial charge in [-0.1, -0.05) is 54.6 Å². The van der Waals surface area contributed by atoms with Crippen molar-refractivity contribution in [1.29, 1.82) is 0 Å². The second-order valence-corrected chi connectivity index (χ2v) is 6.23. The zero-order valence-electron chi connectivity index (χ0n) is 15.5. The zero-order valence-corrected chi connectivity index (χ0v) is 15.5. The van der Waals surface area contributed by atoms with Gasteiger partial charge in [0.05, 0.1) is 13.2 Å². The van der Waals surface area contributed by atoms with Crippen LogP contribution in [0.5, 0.6) is 11.5 Å². The summed E-state index contributed by atoms with van der Waals surface area (Å²) >= 11 is 0. The molecule has 0 heterocycles. The molecule has 0 aliphatic heterocycles. The number of rotatable bonds is 7. The number of hydrogen-bond acceptors (Lipinski definition) is 3. The first kappa shape index (κ1) is 18.5. The minimum absolute atomic E-state index is 0.0540. The van der Waals surface area contributed by atoms with Crippen molar-refractivity contribution in [2.75, 3.05) is 13.7 Å². The topological polar surface area (TPSA) is 47.6 Å². The molecule has 3 aromatic rings. The van der Waals surface area contributed by atoms with E-state index >= 15 is 0 Å². The fourth-order valence-electron chi connectivity index (χ4n) is 2.92. The van der Waals surface area contributed by atoms with Crippen LogP contribution >= 0.6 is 0 Å². The third kappa shape index (κ3) is 4.88. The van der Waals surface area contributed by atoms with Gasteiger partial charge >= 0.3 is 0 Å². The van der Waals surface area contributed by atoms with Crippen LogP contribution in [0.2, 0.25) is 0 Å². The van der Waals surface area contributed by atoms with Crippen LogP contribution in [0.1, 0.15) is 22.7 Å². The summed E-state index contributed by atoms with van der Waals surface area (Å²) in [5, 5.41) is 3.09. The Balaban J connectivity index is 1.72. The van der Waals surface area contributed by atoms with E-state index in [0.717, 1.165) is 22.4 Å². The maximum atomic E-state index is 12.5. The van der Waals surface area contributed by atoms with Crippen LogP contribution < -0.4 is 14.8 Å². The SMILES string of the molecule is COc1ccc(OCC(=O)N[C@H](c2ccccc2)c2ccccc2C)cc1. The molecule has 0 saturated heterocycles. The highest BCUT2D eigenvalue weighted by atomic mass is 16.5. The fourth-order valence-corrected chi connectivity index (χ4v) is 2.92. The van der Waals surface area contributed by atoms with E-state index in [1.165, 1.54) is 0 Å². The summed E-state index contributed by atoms with van der Waals surface area (Å²) in [6.45, 7) is 1.99. The van der Waals surface area contributed by atoms with Gasteiger partial charge in [-0.3, -0.25) is 4.79 Å². The maximum Gasteiger partial charge on any atom is 0.258 e. The van der Waals surface area contributed by atoms with Gasteiger partial charge in [-0.15, -0.1) is 0 Å². The smallest absolute Gasteiger partial charge is 0.258 e. The zero-order chi connectivity index (χ0) is 19.1. The molecule has 4 nitrogen and oxygen atoms in total. The molecule has 1 atom stereocenters. The molecule has 138 valence electrons. The first-order valence-electron chi connectivity index (χ1n) is 8.84. The molecule has 0 bridgehead atoms. The van der Waals surface area contributed by atoms with E-state index in [9.17, 15) is 4.79 Å². The maximum absolute atomic E-state index is 12.5. The molecule has 3 rings (SSSR count). The summed E-state index contributed by atoms with van der Waals surface area (Å²) in [6.07, 6.45) is 0. The lowest BCUT2D eigenvalue weighted by Gasteiger charge is -2.21. The van der Waals surface area contributed by atoms with Crippen LogP contribution in [0.15, 0.2) is 78.9 Å². The highest BCUT2D eigenvalue weighted by Crippen LogP contribution is 2.25. The van der Waals surface area contributed by atoms with Gasteiger partial charge in [0.1, 0.15) is 11.5 Å².